The maximum atomic E-state index is 5.01. The van der Waals surface area contributed by atoms with Gasteiger partial charge in [-0.2, -0.15) is 0 Å². The Balaban J connectivity index is 2.17. The van der Waals surface area contributed by atoms with Crippen LogP contribution in [-0.2, 0) is 0 Å². The van der Waals surface area contributed by atoms with Crippen molar-refractivity contribution in [2.45, 2.75) is 13.8 Å². The number of nitrogens with zero attached hydrogens (tertiary/aromatic N) is 1. The first-order valence-corrected chi connectivity index (χ1v) is 8.26. The van der Waals surface area contributed by atoms with Gasteiger partial charge in [0.1, 0.15) is 0 Å². The van der Waals surface area contributed by atoms with Crippen molar-refractivity contribution < 1.29 is 0 Å². The summed E-state index contributed by atoms with van der Waals surface area (Å²) in [6.07, 6.45) is 0. The van der Waals surface area contributed by atoms with E-state index < -0.39 is 0 Å². The molecule has 0 aliphatic carbocycles. The van der Waals surface area contributed by atoms with Crippen molar-refractivity contribution in [1.29, 1.82) is 0 Å². The zero-order chi connectivity index (χ0) is 16.5. The molecule has 0 saturated heterocycles. The molecule has 1 aromatic heterocycles. The topological polar surface area (TPSA) is 12.9 Å². The molecule has 0 N–H and O–H groups in total. The Hall–Kier alpha value is -2.93. The molecule has 0 amide bonds. The third-order valence-corrected chi connectivity index (χ3v) is 4.53. The van der Waals surface area contributed by atoms with Gasteiger partial charge in [0.15, 0.2) is 0 Å². The van der Waals surface area contributed by atoms with Crippen LogP contribution in [0.3, 0.4) is 0 Å². The first kappa shape index (κ1) is 14.6. The highest BCUT2D eigenvalue weighted by Gasteiger charge is 2.16. The van der Waals surface area contributed by atoms with E-state index in [1.807, 2.05) is 6.07 Å². The standard InChI is InChI=1S/C23H19N/c1-16-10-9-15-20-21(16)17(2)24-23(19-13-7-4-8-14-19)22(20)18-11-5-3-6-12-18/h3-15H,1-2H3. The van der Waals surface area contributed by atoms with E-state index in [4.69, 9.17) is 4.98 Å². The smallest absolute Gasteiger partial charge is 0.0789 e. The van der Waals surface area contributed by atoms with Crippen molar-refractivity contribution in [3.63, 3.8) is 0 Å². The number of hydrogen-bond donors (Lipinski definition) is 0. The molecule has 1 heterocycles. The fraction of sp³-hybridized carbons (Fsp3) is 0.0870. The molecule has 0 fully saturated rings. The van der Waals surface area contributed by atoms with Crippen LogP contribution in [0.4, 0.5) is 0 Å². The normalized spacial score (nSPS) is 10.9. The molecule has 1 nitrogen and oxygen atoms in total. The summed E-state index contributed by atoms with van der Waals surface area (Å²) < 4.78 is 0. The van der Waals surface area contributed by atoms with Crippen LogP contribution in [0.15, 0.2) is 78.9 Å². The van der Waals surface area contributed by atoms with Crippen LogP contribution in [0, 0.1) is 13.8 Å². The van der Waals surface area contributed by atoms with Gasteiger partial charge in [-0.05, 0) is 30.4 Å². The van der Waals surface area contributed by atoms with Crippen molar-refractivity contribution in [3.8, 4) is 22.4 Å². The molecule has 0 bridgehead atoms. The largest absolute Gasteiger partial charge is 0.252 e. The van der Waals surface area contributed by atoms with E-state index in [1.54, 1.807) is 0 Å². The molecule has 0 spiro atoms. The fourth-order valence-corrected chi connectivity index (χ4v) is 3.47. The Bertz CT molecular complexity index is 1000. The van der Waals surface area contributed by atoms with Crippen molar-refractivity contribution in [2.75, 3.05) is 0 Å². The minimum atomic E-state index is 1.05. The molecule has 116 valence electrons. The van der Waals surface area contributed by atoms with E-state index in [0.29, 0.717) is 0 Å². The van der Waals surface area contributed by atoms with E-state index in [0.717, 1.165) is 17.0 Å². The maximum absolute atomic E-state index is 5.01. The van der Waals surface area contributed by atoms with Gasteiger partial charge in [0.05, 0.1) is 5.69 Å². The van der Waals surface area contributed by atoms with Crippen LogP contribution in [0.1, 0.15) is 11.3 Å². The van der Waals surface area contributed by atoms with E-state index in [9.17, 15) is 0 Å². The fourth-order valence-electron chi connectivity index (χ4n) is 3.47. The molecule has 3 aromatic carbocycles. The van der Waals surface area contributed by atoms with Crippen LogP contribution >= 0.6 is 0 Å². The first-order valence-electron chi connectivity index (χ1n) is 8.26. The van der Waals surface area contributed by atoms with Gasteiger partial charge in [-0.1, -0.05) is 78.9 Å². The van der Waals surface area contributed by atoms with Crippen molar-refractivity contribution in [1.82, 2.24) is 4.98 Å². The number of aromatic nitrogens is 1. The number of pyridine rings is 1. The van der Waals surface area contributed by atoms with Crippen molar-refractivity contribution >= 4 is 10.8 Å². The summed E-state index contributed by atoms with van der Waals surface area (Å²) in [5.41, 5.74) is 6.99. The van der Waals surface area contributed by atoms with E-state index in [-0.39, 0.29) is 0 Å². The van der Waals surface area contributed by atoms with Gasteiger partial charge in [-0.25, -0.2) is 0 Å². The predicted octanol–water partition coefficient (Wildman–Crippen LogP) is 6.19. The molecule has 0 saturated carbocycles. The lowest BCUT2D eigenvalue weighted by atomic mass is 9.91. The summed E-state index contributed by atoms with van der Waals surface area (Å²) >= 11 is 0. The van der Waals surface area contributed by atoms with Gasteiger partial charge in [0.25, 0.3) is 0 Å². The van der Waals surface area contributed by atoms with Crippen molar-refractivity contribution in [3.05, 3.63) is 90.1 Å². The Morgan fingerprint density at radius 2 is 1.25 bits per heavy atom. The summed E-state index contributed by atoms with van der Waals surface area (Å²) in [4.78, 5) is 5.01. The predicted molar refractivity (Wildman–Crippen MR) is 102 cm³/mol. The summed E-state index contributed by atoms with van der Waals surface area (Å²) in [7, 11) is 0. The van der Waals surface area contributed by atoms with Crippen LogP contribution in [0.5, 0.6) is 0 Å². The molecular formula is C23H19N. The number of benzene rings is 3. The quantitative estimate of drug-likeness (QED) is 0.430. The Kier molecular flexibility index (Phi) is 3.62. The summed E-state index contributed by atoms with van der Waals surface area (Å²) in [6, 6.07) is 27.5. The number of fused-ring (bicyclic) bond motifs is 1. The number of rotatable bonds is 2. The average molecular weight is 309 g/mol. The highest BCUT2D eigenvalue weighted by molar-refractivity contribution is 6.04. The third-order valence-electron chi connectivity index (χ3n) is 4.53. The highest BCUT2D eigenvalue weighted by Crippen LogP contribution is 2.38. The van der Waals surface area contributed by atoms with Crippen LogP contribution < -0.4 is 0 Å². The van der Waals surface area contributed by atoms with Crippen LogP contribution in [0.25, 0.3) is 33.2 Å². The second kappa shape index (κ2) is 5.93. The molecule has 4 rings (SSSR count). The SMILES string of the molecule is Cc1cccc2c(-c3ccccc3)c(-c3ccccc3)nc(C)c12. The van der Waals surface area contributed by atoms with Crippen LogP contribution in [0.2, 0.25) is 0 Å². The molecular weight excluding hydrogens is 290 g/mol. The molecule has 1 heteroatoms. The van der Waals surface area contributed by atoms with Crippen LogP contribution in [-0.4, -0.2) is 4.98 Å². The molecule has 0 atom stereocenters. The Morgan fingerprint density at radius 3 is 1.92 bits per heavy atom. The highest BCUT2D eigenvalue weighted by atomic mass is 14.7. The Labute approximate surface area is 142 Å². The molecule has 0 aliphatic heterocycles. The van der Waals surface area contributed by atoms with Gasteiger partial charge in [-0.15, -0.1) is 0 Å². The molecule has 0 unspecified atom stereocenters. The van der Waals surface area contributed by atoms with E-state index in [2.05, 4.69) is 86.6 Å². The first-order chi connectivity index (χ1) is 11.8. The Morgan fingerprint density at radius 1 is 0.625 bits per heavy atom. The monoisotopic (exact) mass is 309 g/mol. The average Bonchev–Trinajstić information content (AvgIpc) is 2.63. The zero-order valence-corrected chi connectivity index (χ0v) is 14.0. The molecule has 24 heavy (non-hydrogen) atoms. The van der Waals surface area contributed by atoms with Gasteiger partial charge in [0.2, 0.25) is 0 Å². The van der Waals surface area contributed by atoms with Gasteiger partial charge < -0.3 is 0 Å². The third kappa shape index (κ3) is 2.39. The second-order valence-corrected chi connectivity index (χ2v) is 6.15. The lowest BCUT2D eigenvalue weighted by molar-refractivity contribution is 1.23. The summed E-state index contributed by atoms with van der Waals surface area (Å²) in [5.74, 6) is 0. The van der Waals surface area contributed by atoms with Gasteiger partial charge >= 0.3 is 0 Å². The molecule has 4 aromatic rings. The van der Waals surface area contributed by atoms with Gasteiger partial charge in [0, 0.05) is 22.2 Å². The van der Waals surface area contributed by atoms with Crippen molar-refractivity contribution in [2.24, 2.45) is 0 Å². The molecule has 0 aliphatic rings. The molecule has 0 radical (unpaired) electrons. The number of hydrogen-bond acceptors (Lipinski definition) is 1. The minimum absolute atomic E-state index is 1.05. The van der Waals surface area contributed by atoms with E-state index in [1.165, 1.54) is 27.5 Å². The van der Waals surface area contributed by atoms with Gasteiger partial charge in [-0.3, -0.25) is 4.98 Å². The zero-order valence-electron chi connectivity index (χ0n) is 14.0. The summed E-state index contributed by atoms with van der Waals surface area (Å²) in [5, 5.41) is 2.53. The lowest BCUT2D eigenvalue weighted by Crippen LogP contribution is -1.96. The lowest BCUT2D eigenvalue weighted by Gasteiger charge is -2.16. The minimum Gasteiger partial charge on any atom is -0.252 e. The second-order valence-electron chi connectivity index (χ2n) is 6.15. The number of aryl methyl sites for hydroxylation is 2. The maximum Gasteiger partial charge on any atom is 0.0789 e. The van der Waals surface area contributed by atoms with E-state index >= 15 is 0 Å². The summed E-state index contributed by atoms with van der Waals surface area (Å²) in [6.45, 7) is 4.27.